The first kappa shape index (κ1) is 18.4. The Morgan fingerprint density at radius 1 is 1.19 bits per heavy atom. The van der Waals surface area contributed by atoms with Crippen LogP contribution in [0.3, 0.4) is 0 Å². The van der Waals surface area contributed by atoms with Crippen molar-refractivity contribution in [3.05, 3.63) is 47.8 Å². The van der Waals surface area contributed by atoms with Crippen LogP contribution in [-0.2, 0) is 11.3 Å². The molecule has 0 saturated heterocycles. The maximum Gasteiger partial charge on any atom is 0.407 e. The predicted octanol–water partition coefficient (Wildman–Crippen LogP) is 3.09. The molecule has 27 heavy (non-hydrogen) atoms. The minimum atomic E-state index is -0.592. The minimum absolute atomic E-state index is 0.176. The monoisotopic (exact) mass is 370 g/mol. The van der Waals surface area contributed by atoms with E-state index in [0.29, 0.717) is 22.8 Å². The normalized spacial score (nSPS) is 11.3. The predicted molar refractivity (Wildman–Crippen MR) is 95.9 cm³/mol. The number of nitrogens with one attached hydrogen (secondary N) is 2. The Bertz CT molecular complexity index is 920. The highest BCUT2D eigenvalue weighted by atomic mass is 19.1. The van der Waals surface area contributed by atoms with Gasteiger partial charge in [-0.25, -0.2) is 14.2 Å². The van der Waals surface area contributed by atoms with Crippen LogP contribution in [-0.4, -0.2) is 37.3 Å². The van der Waals surface area contributed by atoms with E-state index in [1.165, 1.54) is 12.1 Å². The summed E-state index contributed by atoms with van der Waals surface area (Å²) in [5.74, 6) is -0.0322. The van der Waals surface area contributed by atoms with Crippen molar-refractivity contribution in [1.82, 2.24) is 30.9 Å². The van der Waals surface area contributed by atoms with Gasteiger partial charge in [0.15, 0.2) is 0 Å². The van der Waals surface area contributed by atoms with E-state index < -0.39 is 11.7 Å². The number of H-pyrrole nitrogens is 1. The van der Waals surface area contributed by atoms with Crippen molar-refractivity contribution >= 4 is 6.09 Å². The maximum absolute atomic E-state index is 13.2. The number of carbonyl (C=O) groups excluding carboxylic acids is 1. The average Bonchev–Trinajstić information content (AvgIpc) is 3.13. The van der Waals surface area contributed by atoms with E-state index in [-0.39, 0.29) is 12.4 Å². The molecule has 0 atom stereocenters. The van der Waals surface area contributed by atoms with Crippen LogP contribution >= 0.6 is 0 Å². The van der Waals surface area contributed by atoms with Crippen molar-refractivity contribution in [3.8, 4) is 22.8 Å². The zero-order chi connectivity index (χ0) is 19.4. The lowest BCUT2D eigenvalue weighted by molar-refractivity contribution is 0.0523. The van der Waals surface area contributed by atoms with Gasteiger partial charge in [-0.2, -0.15) is 5.21 Å². The third kappa shape index (κ3) is 4.84. The van der Waals surface area contributed by atoms with Gasteiger partial charge < -0.3 is 10.1 Å². The first-order valence-corrected chi connectivity index (χ1v) is 8.28. The van der Waals surface area contributed by atoms with Gasteiger partial charge in [-0.3, -0.25) is 0 Å². The van der Waals surface area contributed by atoms with Gasteiger partial charge in [0.25, 0.3) is 0 Å². The van der Waals surface area contributed by atoms with E-state index in [9.17, 15) is 9.18 Å². The van der Waals surface area contributed by atoms with E-state index >= 15 is 0 Å². The lowest BCUT2D eigenvalue weighted by Gasteiger charge is -2.20. The zero-order valence-corrected chi connectivity index (χ0v) is 15.2. The van der Waals surface area contributed by atoms with E-state index in [2.05, 4.69) is 30.9 Å². The number of hydrogen-bond acceptors (Lipinski definition) is 6. The lowest BCUT2D eigenvalue weighted by Crippen LogP contribution is -2.32. The van der Waals surface area contributed by atoms with Crippen LogP contribution in [0.1, 0.15) is 26.3 Å². The van der Waals surface area contributed by atoms with Crippen LogP contribution in [0.15, 0.2) is 36.4 Å². The molecule has 0 aliphatic carbocycles. The number of benzene rings is 1. The number of rotatable bonds is 4. The number of tetrazole rings is 1. The molecule has 2 N–H and O–H groups in total. The Hall–Kier alpha value is -3.36. The second kappa shape index (κ2) is 7.48. The number of pyridine rings is 1. The number of aromatic nitrogens is 5. The lowest BCUT2D eigenvalue weighted by atomic mass is 10.1. The summed E-state index contributed by atoms with van der Waals surface area (Å²) in [6.45, 7) is 5.54. The maximum atomic E-state index is 13.2. The van der Waals surface area contributed by atoms with Gasteiger partial charge in [0.1, 0.15) is 17.1 Å². The number of amides is 1. The van der Waals surface area contributed by atoms with Crippen LogP contribution in [0.25, 0.3) is 22.8 Å². The van der Waals surface area contributed by atoms with Gasteiger partial charge in [0.2, 0.25) is 5.82 Å². The second-order valence-electron chi connectivity index (χ2n) is 6.80. The summed E-state index contributed by atoms with van der Waals surface area (Å²) in [5, 5.41) is 16.6. The molecule has 3 rings (SSSR count). The highest BCUT2D eigenvalue weighted by Gasteiger charge is 2.18. The SMILES string of the molecule is CC(C)(C)OC(=O)NCc1ccc(-c2ccc(F)cc2)nc1-c1nn[nH]n1. The molecule has 0 unspecified atom stereocenters. The van der Waals surface area contributed by atoms with Gasteiger partial charge in [-0.1, -0.05) is 6.07 Å². The summed E-state index contributed by atoms with van der Waals surface area (Å²) >= 11 is 0. The molecule has 3 aromatic rings. The highest BCUT2D eigenvalue weighted by Crippen LogP contribution is 2.24. The molecule has 8 nitrogen and oxygen atoms in total. The highest BCUT2D eigenvalue weighted by molar-refractivity contribution is 5.69. The van der Waals surface area contributed by atoms with Gasteiger partial charge in [0.05, 0.1) is 5.69 Å². The summed E-state index contributed by atoms with van der Waals surface area (Å²) < 4.78 is 18.4. The summed E-state index contributed by atoms with van der Waals surface area (Å²) in [6, 6.07) is 9.58. The van der Waals surface area contributed by atoms with Gasteiger partial charge in [0, 0.05) is 17.7 Å². The molecule has 0 spiro atoms. The number of nitrogens with zero attached hydrogens (tertiary/aromatic N) is 4. The summed E-state index contributed by atoms with van der Waals surface area (Å²) in [6.07, 6.45) is -0.538. The molecule has 0 aliphatic heterocycles. The number of halogens is 1. The fraction of sp³-hybridized carbons (Fsp3) is 0.278. The standard InChI is InChI=1S/C18H19FN6O2/c1-18(2,3)27-17(26)20-10-12-6-9-14(11-4-7-13(19)8-5-11)21-15(12)16-22-24-25-23-16/h4-9H,10H2,1-3H3,(H,20,26)(H,22,23,24,25). The Morgan fingerprint density at radius 3 is 2.56 bits per heavy atom. The van der Waals surface area contributed by atoms with Gasteiger partial charge in [-0.15, -0.1) is 10.2 Å². The molecule has 0 radical (unpaired) electrons. The molecule has 1 aromatic carbocycles. The molecular formula is C18H19FN6O2. The molecule has 2 heterocycles. The Morgan fingerprint density at radius 2 is 1.93 bits per heavy atom. The van der Waals surface area contributed by atoms with Crippen LogP contribution in [0, 0.1) is 5.82 Å². The summed E-state index contributed by atoms with van der Waals surface area (Å²) in [5.41, 5.74) is 1.92. The summed E-state index contributed by atoms with van der Waals surface area (Å²) in [4.78, 5) is 16.5. The minimum Gasteiger partial charge on any atom is -0.444 e. The molecule has 0 fully saturated rings. The molecule has 2 aromatic heterocycles. The Kier molecular flexibility index (Phi) is 5.11. The fourth-order valence-corrected chi connectivity index (χ4v) is 2.35. The third-order valence-corrected chi connectivity index (χ3v) is 3.50. The van der Waals surface area contributed by atoms with Crippen molar-refractivity contribution < 1.29 is 13.9 Å². The first-order chi connectivity index (χ1) is 12.8. The van der Waals surface area contributed by atoms with Crippen LogP contribution in [0.4, 0.5) is 9.18 Å². The molecule has 0 aliphatic rings. The molecule has 9 heteroatoms. The average molecular weight is 370 g/mol. The topological polar surface area (TPSA) is 106 Å². The van der Waals surface area contributed by atoms with E-state index in [4.69, 9.17) is 4.74 Å². The second-order valence-corrected chi connectivity index (χ2v) is 6.80. The van der Waals surface area contributed by atoms with Crippen molar-refractivity contribution in [1.29, 1.82) is 0 Å². The Labute approximate surface area is 155 Å². The first-order valence-electron chi connectivity index (χ1n) is 8.28. The van der Waals surface area contributed by atoms with Crippen LogP contribution < -0.4 is 5.32 Å². The third-order valence-electron chi connectivity index (χ3n) is 3.50. The number of alkyl carbamates (subject to hydrolysis) is 1. The Balaban J connectivity index is 1.87. The number of aromatic amines is 1. The largest absolute Gasteiger partial charge is 0.444 e. The van der Waals surface area contributed by atoms with Gasteiger partial charge >= 0.3 is 6.09 Å². The van der Waals surface area contributed by atoms with E-state index in [0.717, 1.165) is 5.56 Å². The van der Waals surface area contributed by atoms with Crippen molar-refractivity contribution in [2.24, 2.45) is 0 Å². The molecule has 0 saturated carbocycles. The quantitative estimate of drug-likeness (QED) is 0.731. The smallest absolute Gasteiger partial charge is 0.407 e. The van der Waals surface area contributed by atoms with Crippen LogP contribution in [0.2, 0.25) is 0 Å². The van der Waals surface area contributed by atoms with Crippen molar-refractivity contribution in [2.75, 3.05) is 0 Å². The van der Waals surface area contributed by atoms with Gasteiger partial charge in [-0.05, 0) is 56.3 Å². The van der Waals surface area contributed by atoms with Crippen molar-refractivity contribution in [3.63, 3.8) is 0 Å². The molecule has 0 bridgehead atoms. The van der Waals surface area contributed by atoms with E-state index in [1.54, 1.807) is 45.0 Å². The number of carbonyl (C=O) groups is 1. The van der Waals surface area contributed by atoms with Crippen LogP contribution in [0.5, 0.6) is 0 Å². The molecule has 1 amide bonds. The number of hydrogen-bond donors (Lipinski definition) is 2. The van der Waals surface area contributed by atoms with E-state index in [1.807, 2.05) is 0 Å². The molecule has 140 valence electrons. The van der Waals surface area contributed by atoms with Crippen molar-refractivity contribution in [2.45, 2.75) is 32.9 Å². The molecular weight excluding hydrogens is 351 g/mol. The fourth-order valence-electron chi connectivity index (χ4n) is 2.35. The number of ether oxygens (including phenoxy) is 1. The zero-order valence-electron chi connectivity index (χ0n) is 15.2. The summed E-state index contributed by atoms with van der Waals surface area (Å²) in [7, 11) is 0.